The minimum atomic E-state index is -0.300. The van der Waals surface area contributed by atoms with Crippen LogP contribution in [0, 0.1) is 0 Å². The molecule has 0 aliphatic carbocycles. The summed E-state index contributed by atoms with van der Waals surface area (Å²) >= 11 is 5.85. The topological polar surface area (TPSA) is 34.9 Å². The van der Waals surface area contributed by atoms with Crippen LogP contribution in [0.25, 0.3) is 0 Å². The van der Waals surface area contributed by atoms with Crippen molar-refractivity contribution in [2.75, 3.05) is 0 Å². The number of aromatic nitrogens is 2. The summed E-state index contributed by atoms with van der Waals surface area (Å²) in [6.07, 6.45) is 1.74. The molecule has 0 saturated heterocycles. The van der Waals surface area contributed by atoms with Crippen LogP contribution in [-0.4, -0.2) is 15.6 Å². The third kappa shape index (κ3) is 2.93. The highest BCUT2D eigenvalue weighted by molar-refractivity contribution is 6.30. The highest BCUT2D eigenvalue weighted by Crippen LogP contribution is 2.19. The number of hydrogen-bond donors (Lipinski definition) is 0. The fraction of sp³-hybridized carbons (Fsp3) is 0.375. The molecule has 2 aromatic rings. The first kappa shape index (κ1) is 14.8. The van der Waals surface area contributed by atoms with Gasteiger partial charge in [-0.2, -0.15) is 5.10 Å². The molecular weight excluding hydrogens is 272 g/mol. The summed E-state index contributed by atoms with van der Waals surface area (Å²) in [5, 5.41) is 5.17. The lowest BCUT2D eigenvalue weighted by atomic mass is 10.1. The highest BCUT2D eigenvalue weighted by atomic mass is 35.5. The lowest BCUT2D eigenvalue weighted by molar-refractivity contribution is 0.0926. The molecule has 0 spiro atoms. The lowest BCUT2D eigenvalue weighted by Crippen LogP contribution is -2.19. The molecule has 1 atom stereocenters. The number of ketones is 1. The first-order valence-corrected chi connectivity index (χ1v) is 7.31. The Morgan fingerprint density at radius 1 is 1.25 bits per heavy atom. The van der Waals surface area contributed by atoms with Crippen molar-refractivity contribution in [1.29, 1.82) is 0 Å². The second kappa shape index (κ2) is 6.23. The average Bonchev–Trinajstić information content (AvgIpc) is 2.90. The SMILES string of the molecule is CCc1cc(CC)n(C(C)C(=O)c2ccc(Cl)cc2)n1. The average molecular weight is 291 g/mol. The predicted molar refractivity (Wildman–Crippen MR) is 81.5 cm³/mol. The fourth-order valence-corrected chi connectivity index (χ4v) is 2.35. The summed E-state index contributed by atoms with van der Waals surface area (Å²) in [6, 6.07) is 8.78. The number of halogens is 1. The van der Waals surface area contributed by atoms with Crippen LogP contribution < -0.4 is 0 Å². The maximum Gasteiger partial charge on any atom is 0.187 e. The Labute approximate surface area is 124 Å². The van der Waals surface area contributed by atoms with Gasteiger partial charge in [-0.1, -0.05) is 25.4 Å². The van der Waals surface area contributed by atoms with E-state index in [-0.39, 0.29) is 11.8 Å². The van der Waals surface area contributed by atoms with Gasteiger partial charge in [-0.25, -0.2) is 0 Å². The highest BCUT2D eigenvalue weighted by Gasteiger charge is 2.20. The first-order chi connectivity index (χ1) is 9.56. The molecule has 0 aliphatic heterocycles. The van der Waals surface area contributed by atoms with Crippen LogP contribution in [0.3, 0.4) is 0 Å². The van der Waals surface area contributed by atoms with Crippen molar-refractivity contribution in [2.24, 2.45) is 0 Å². The van der Waals surface area contributed by atoms with Crippen LogP contribution >= 0.6 is 11.6 Å². The lowest BCUT2D eigenvalue weighted by Gasteiger charge is -2.14. The van der Waals surface area contributed by atoms with Gasteiger partial charge in [-0.05, 0) is 50.1 Å². The van der Waals surface area contributed by atoms with E-state index in [1.165, 1.54) is 0 Å². The van der Waals surface area contributed by atoms with Gasteiger partial charge >= 0.3 is 0 Å². The van der Waals surface area contributed by atoms with Gasteiger partial charge in [-0.3, -0.25) is 9.48 Å². The van der Waals surface area contributed by atoms with E-state index in [1.807, 2.05) is 11.6 Å². The molecule has 0 aliphatic rings. The maximum absolute atomic E-state index is 12.5. The number of Topliss-reactive ketones (excluding diaryl/α,β-unsaturated/α-hetero) is 1. The molecule has 4 heteroatoms. The molecular formula is C16H19ClN2O. The van der Waals surface area contributed by atoms with E-state index in [0.717, 1.165) is 24.2 Å². The number of benzene rings is 1. The van der Waals surface area contributed by atoms with Crippen molar-refractivity contribution in [3.05, 3.63) is 52.3 Å². The van der Waals surface area contributed by atoms with Crippen LogP contribution in [0.5, 0.6) is 0 Å². The third-order valence-corrected chi connectivity index (χ3v) is 3.72. The molecule has 1 aromatic heterocycles. The Hall–Kier alpha value is -1.61. The summed E-state index contributed by atoms with van der Waals surface area (Å²) in [5.74, 6) is 0.0575. The van der Waals surface area contributed by atoms with Gasteiger partial charge < -0.3 is 0 Å². The van der Waals surface area contributed by atoms with Crippen molar-refractivity contribution in [3.63, 3.8) is 0 Å². The minimum Gasteiger partial charge on any atom is -0.292 e. The van der Waals surface area contributed by atoms with Crippen molar-refractivity contribution >= 4 is 17.4 Å². The molecule has 1 heterocycles. The molecule has 0 fully saturated rings. The molecule has 0 amide bonds. The van der Waals surface area contributed by atoms with Crippen LogP contribution in [-0.2, 0) is 12.8 Å². The molecule has 106 valence electrons. The van der Waals surface area contributed by atoms with Crippen molar-refractivity contribution in [1.82, 2.24) is 9.78 Å². The largest absolute Gasteiger partial charge is 0.292 e. The van der Waals surface area contributed by atoms with Crippen LogP contribution in [0.1, 0.15) is 48.6 Å². The van der Waals surface area contributed by atoms with E-state index in [0.29, 0.717) is 10.6 Å². The van der Waals surface area contributed by atoms with E-state index in [4.69, 9.17) is 11.6 Å². The van der Waals surface area contributed by atoms with Gasteiger partial charge in [0.2, 0.25) is 0 Å². The van der Waals surface area contributed by atoms with Gasteiger partial charge in [-0.15, -0.1) is 0 Å². The summed E-state index contributed by atoms with van der Waals surface area (Å²) in [5.41, 5.74) is 2.78. The normalized spacial score (nSPS) is 12.4. The molecule has 3 nitrogen and oxygen atoms in total. The molecule has 20 heavy (non-hydrogen) atoms. The minimum absolute atomic E-state index is 0.0575. The zero-order chi connectivity index (χ0) is 14.7. The number of aryl methyl sites for hydroxylation is 2. The van der Waals surface area contributed by atoms with E-state index in [9.17, 15) is 4.79 Å². The Morgan fingerprint density at radius 2 is 1.90 bits per heavy atom. The molecule has 0 bridgehead atoms. The number of carbonyl (C=O) groups is 1. The molecule has 1 unspecified atom stereocenters. The van der Waals surface area contributed by atoms with Crippen LogP contribution in [0.2, 0.25) is 5.02 Å². The van der Waals surface area contributed by atoms with E-state index in [2.05, 4.69) is 25.0 Å². The predicted octanol–water partition coefficient (Wildman–Crippen LogP) is 4.11. The Morgan fingerprint density at radius 3 is 2.45 bits per heavy atom. The van der Waals surface area contributed by atoms with E-state index < -0.39 is 0 Å². The monoisotopic (exact) mass is 290 g/mol. The van der Waals surface area contributed by atoms with Crippen molar-refractivity contribution < 1.29 is 4.79 Å². The standard InChI is InChI=1S/C16H19ClN2O/c1-4-14-10-15(5-2)19(18-14)11(3)16(20)12-6-8-13(17)9-7-12/h6-11H,4-5H2,1-3H3. The van der Waals surface area contributed by atoms with Crippen molar-refractivity contribution in [3.8, 4) is 0 Å². The van der Waals surface area contributed by atoms with Gasteiger partial charge in [0.05, 0.1) is 5.69 Å². The second-order valence-corrected chi connectivity index (χ2v) is 5.26. The quantitative estimate of drug-likeness (QED) is 0.777. The summed E-state index contributed by atoms with van der Waals surface area (Å²) in [6.45, 7) is 6.03. The van der Waals surface area contributed by atoms with Crippen LogP contribution in [0.4, 0.5) is 0 Å². The van der Waals surface area contributed by atoms with Gasteiger partial charge in [0.15, 0.2) is 5.78 Å². The van der Waals surface area contributed by atoms with Crippen LogP contribution in [0.15, 0.2) is 30.3 Å². The number of nitrogens with zero attached hydrogens (tertiary/aromatic N) is 2. The van der Waals surface area contributed by atoms with Gasteiger partial charge in [0.1, 0.15) is 6.04 Å². The Bertz CT molecular complexity index is 601. The smallest absolute Gasteiger partial charge is 0.187 e. The van der Waals surface area contributed by atoms with Gasteiger partial charge in [0.25, 0.3) is 0 Å². The molecule has 0 radical (unpaired) electrons. The number of carbonyl (C=O) groups excluding carboxylic acids is 1. The Balaban J connectivity index is 2.30. The van der Waals surface area contributed by atoms with E-state index in [1.54, 1.807) is 24.3 Å². The molecule has 1 aromatic carbocycles. The summed E-state index contributed by atoms with van der Waals surface area (Å²) in [4.78, 5) is 12.5. The first-order valence-electron chi connectivity index (χ1n) is 6.93. The maximum atomic E-state index is 12.5. The molecule has 0 N–H and O–H groups in total. The zero-order valence-corrected chi connectivity index (χ0v) is 12.8. The molecule has 2 rings (SSSR count). The van der Waals surface area contributed by atoms with Gasteiger partial charge in [0, 0.05) is 16.3 Å². The number of rotatable bonds is 5. The Kier molecular flexibility index (Phi) is 4.61. The molecule has 0 saturated carbocycles. The fourth-order valence-electron chi connectivity index (χ4n) is 2.23. The second-order valence-electron chi connectivity index (χ2n) is 4.83. The third-order valence-electron chi connectivity index (χ3n) is 3.46. The van der Waals surface area contributed by atoms with Crippen molar-refractivity contribution in [2.45, 2.75) is 39.7 Å². The summed E-state index contributed by atoms with van der Waals surface area (Å²) in [7, 11) is 0. The zero-order valence-electron chi connectivity index (χ0n) is 12.1. The summed E-state index contributed by atoms with van der Waals surface area (Å²) < 4.78 is 1.84. The van der Waals surface area contributed by atoms with E-state index >= 15 is 0 Å². The number of hydrogen-bond acceptors (Lipinski definition) is 2.